The van der Waals surface area contributed by atoms with Crippen LogP contribution in [0.25, 0.3) is 42.8 Å². The minimum Gasteiger partial charge on any atom is -0.493 e. The highest BCUT2D eigenvalue weighted by atomic mass is 32.1. The average Bonchev–Trinajstić information content (AvgIpc) is 3.40. The summed E-state index contributed by atoms with van der Waals surface area (Å²) in [7, 11) is 4.85. The summed E-state index contributed by atoms with van der Waals surface area (Å²) in [5, 5.41) is 4.45. The fourth-order valence-electron chi connectivity index (χ4n) is 5.25. The van der Waals surface area contributed by atoms with Crippen LogP contribution in [-0.4, -0.2) is 69.1 Å². The molecule has 6 rings (SSSR count). The molecule has 1 saturated heterocycles. The van der Waals surface area contributed by atoms with Gasteiger partial charge in [0.25, 0.3) is 0 Å². The Bertz CT molecular complexity index is 1690. The van der Waals surface area contributed by atoms with Gasteiger partial charge in [0.2, 0.25) is 17.6 Å². The number of methoxy groups -OCH3 is 3. The molecular weight excluding hydrogens is 538 g/mol. The second-order valence-electron chi connectivity index (χ2n) is 9.77. The number of ether oxygens (including phenoxy) is 4. The van der Waals surface area contributed by atoms with Gasteiger partial charge in [-0.05, 0) is 48.7 Å². The lowest BCUT2D eigenvalue weighted by Crippen LogP contribution is -2.44. The van der Waals surface area contributed by atoms with Crippen LogP contribution < -0.4 is 29.2 Å². The molecule has 0 unspecified atom stereocenters. The van der Waals surface area contributed by atoms with Crippen LogP contribution in [0.15, 0.2) is 42.5 Å². The lowest BCUT2D eigenvalue weighted by Gasteiger charge is -2.27. The number of aromatic nitrogens is 3. The van der Waals surface area contributed by atoms with Crippen LogP contribution in [0.3, 0.4) is 0 Å². The van der Waals surface area contributed by atoms with E-state index in [2.05, 4.69) is 47.5 Å². The molecule has 1 fully saturated rings. The SMILES string of the molecule is CCOc1nc(N2CCNCC2)nc2c1sc1nc(-c3ccc(-c4cc(OC)c(OC)c(OC)c4)cc3)cc(C)c12. The van der Waals surface area contributed by atoms with E-state index < -0.39 is 0 Å². The van der Waals surface area contributed by atoms with Crippen molar-refractivity contribution in [2.24, 2.45) is 0 Å². The molecule has 0 aliphatic carbocycles. The number of pyridine rings is 1. The molecule has 0 radical (unpaired) electrons. The molecule has 0 bridgehead atoms. The first-order valence-corrected chi connectivity index (χ1v) is 14.5. The maximum absolute atomic E-state index is 6.00. The monoisotopic (exact) mass is 571 g/mol. The van der Waals surface area contributed by atoms with Crippen LogP contribution in [0, 0.1) is 6.92 Å². The van der Waals surface area contributed by atoms with Crippen LogP contribution in [0.5, 0.6) is 23.1 Å². The Morgan fingerprint density at radius 1 is 0.854 bits per heavy atom. The summed E-state index contributed by atoms with van der Waals surface area (Å²) >= 11 is 1.59. The van der Waals surface area contributed by atoms with Crippen molar-refractivity contribution in [3.05, 3.63) is 48.0 Å². The van der Waals surface area contributed by atoms with Gasteiger partial charge < -0.3 is 29.2 Å². The Labute approximate surface area is 243 Å². The van der Waals surface area contributed by atoms with Gasteiger partial charge in [-0.15, -0.1) is 11.3 Å². The lowest BCUT2D eigenvalue weighted by molar-refractivity contribution is 0.324. The molecule has 2 aromatic carbocycles. The molecular formula is C31H33N5O4S. The summed E-state index contributed by atoms with van der Waals surface area (Å²) in [5.41, 5.74) is 5.97. The van der Waals surface area contributed by atoms with E-state index in [1.54, 1.807) is 32.7 Å². The molecule has 212 valence electrons. The Morgan fingerprint density at radius 2 is 1.54 bits per heavy atom. The van der Waals surface area contributed by atoms with E-state index >= 15 is 0 Å². The average molecular weight is 572 g/mol. The summed E-state index contributed by atoms with van der Waals surface area (Å²) in [4.78, 5) is 18.1. The predicted molar refractivity (Wildman–Crippen MR) is 164 cm³/mol. The number of fused-ring (bicyclic) bond motifs is 3. The summed E-state index contributed by atoms with van der Waals surface area (Å²) in [6, 6.07) is 14.4. The molecule has 9 nitrogen and oxygen atoms in total. The topological polar surface area (TPSA) is 90.9 Å². The maximum Gasteiger partial charge on any atom is 0.236 e. The highest BCUT2D eigenvalue weighted by Crippen LogP contribution is 2.42. The summed E-state index contributed by atoms with van der Waals surface area (Å²) in [5.74, 6) is 3.16. The maximum atomic E-state index is 6.00. The number of hydrogen-bond donors (Lipinski definition) is 1. The van der Waals surface area contributed by atoms with Crippen LogP contribution in [0.1, 0.15) is 12.5 Å². The smallest absolute Gasteiger partial charge is 0.236 e. The molecule has 10 heteroatoms. The van der Waals surface area contributed by atoms with Crippen molar-refractivity contribution in [3.8, 4) is 45.5 Å². The van der Waals surface area contributed by atoms with Crippen molar-refractivity contribution in [2.75, 3.05) is 59.0 Å². The van der Waals surface area contributed by atoms with E-state index in [9.17, 15) is 0 Å². The van der Waals surface area contributed by atoms with Gasteiger partial charge in [-0.25, -0.2) is 9.97 Å². The first kappa shape index (κ1) is 27.0. The van der Waals surface area contributed by atoms with E-state index in [4.69, 9.17) is 33.9 Å². The highest BCUT2D eigenvalue weighted by Gasteiger charge is 2.22. The zero-order valence-electron chi connectivity index (χ0n) is 23.9. The van der Waals surface area contributed by atoms with Gasteiger partial charge in [0.05, 0.1) is 33.6 Å². The van der Waals surface area contributed by atoms with Crippen molar-refractivity contribution in [1.29, 1.82) is 0 Å². The second-order valence-corrected chi connectivity index (χ2v) is 10.8. The zero-order valence-corrected chi connectivity index (χ0v) is 24.7. The van der Waals surface area contributed by atoms with Gasteiger partial charge in [0, 0.05) is 37.1 Å². The molecule has 1 aliphatic rings. The summed E-state index contributed by atoms with van der Waals surface area (Å²) < 4.78 is 23.5. The normalized spacial score (nSPS) is 13.5. The van der Waals surface area contributed by atoms with Crippen molar-refractivity contribution in [3.63, 3.8) is 0 Å². The van der Waals surface area contributed by atoms with Crippen molar-refractivity contribution in [1.82, 2.24) is 20.3 Å². The van der Waals surface area contributed by atoms with Gasteiger partial charge in [-0.1, -0.05) is 24.3 Å². The molecule has 0 atom stereocenters. The molecule has 5 aromatic rings. The van der Waals surface area contributed by atoms with Crippen molar-refractivity contribution < 1.29 is 18.9 Å². The van der Waals surface area contributed by atoms with E-state index in [1.165, 1.54) is 0 Å². The Morgan fingerprint density at radius 3 is 2.17 bits per heavy atom. The number of thiophene rings is 1. The van der Waals surface area contributed by atoms with Crippen LogP contribution >= 0.6 is 11.3 Å². The molecule has 3 aromatic heterocycles. The number of piperazine rings is 1. The number of aryl methyl sites for hydroxylation is 1. The first-order chi connectivity index (χ1) is 20.0. The fourth-order valence-corrected chi connectivity index (χ4v) is 6.39. The Balaban J connectivity index is 1.39. The van der Waals surface area contributed by atoms with Crippen molar-refractivity contribution >= 4 is 37.7 Å². The Hall–Kier alpha value is -4.15. The third-order valence-corrected chi connectivity index (χ3v) is 8.36. The summed E-state index contributed by atoms with van der Waals surface area (Å²) in [6.07, 6.45) is 0. The van der Waals surface area contributed by atoms with E-state index in [1.807, 2.05) is 19.1 Å². The lowest BCUT2D eigenvalue weighted by atomic mass is 10.0. The number of rotatable bonds is 8. The van der Waals surface area contributed by atoms with Crippen molar-refractivity contribution in [2.45, 2.75) is 13.8 Å². The summed E-state index contributed by atoms with van der Waals surface area (Å²) in [6.45, 7) is 8.21. The standard InChI is InChI=1S/C31H33N5O4S/c1-6-40-29-28-26(34-31(35-29)36-13-11-32-12-14-36)25-18(2)15-22(33-30(25)41-28)20-9-7-19(8-10-20)21-16-23(37-3)27(39-5)24(17-21)38-4/h7-10,15-17,32H,6,11-14H2,1-5H3. The molecule has 0 saturated carbocycles. The third kappa shape index (κ3) is 4.98. The minimum atomic E-state index is 0.539. The quantitative estimate of drug-likeness (QED) is 0.251. The van der Waals surface area contributed by atoms with Gasteiger partial charge in [-0.3, -0.25) is 0 Å². The van der Waals surface area contributed by atoms with Gasteiger partial charge in [0.1, 0.15) is 15.0 Å². The van der Waals surface area contributed by atoms with E-state index in [0.717, 1.165) is 74.6 Å². The highest BCUT2D eigenvalue weighted by molar-refractivity contribution is 7.25. The first-order valence-electron chi connectivity index (χ1n) is 13.7. The fraction of sp³-hybridized carbons (Fsp3) is 0.323. The number of nitrogens with one attached hydrogen (secondary N) is 1. The molecule has 0 amide bonds. The molecule has 1 aliphatic heterocycles. The van der Waals surface area contributed by atoms with E-state index in [-0.39, 0.29) is 0 Å². The molecule has 0 spiro atoms. The number of benzene rings is 2. The van der Waals surface area contributed by atoms with Crippen LogP contribution in [-0.2, 0) is 0 Å². The van der Waals surface area contributed by atoms with Gasteiger partial charge in [0.15, 0.2) is 11.5 Å². The minimum absolute atomic E-state index is 0.539. The molecule has 4 heterocycles. The second kappa shape index (κ2) is 11.4. The zero-order chi connectivity index (χ0) is 28.5. The van der Waals surface area contributed by atoms with Gasteiger partial charge >= 0.3 is 0 Å². The predicted octanol–water partition coefficient (Wildman–Crippen LogP) is 5.72. The molecule has 1 N–H and O–H groups in total. The van der Waals surface area contributed by atoms with Gasteiger partial charge in [-0.2, -0.15) is 4.98 Å². The largest absolute Gasteiger partial charge is 0.493 e. The number of anilines is 1. The van der Waals surface area contributed by atoms with Crippen LogP contribution in [0.4, 0.5) is 5.95 Å². The van der Waals surface area contributed by atoms with E-state index in [0.29, 0.717) is 35.7 Å². The Kier molecular flexibility index (Phi) is 7.51. The number of nitrogens with zero attached hydrogens (tertiary/aromatic N) is 4. The van der Waals surface area contributed by atoms with Crippen LogP contribution in [0.2, 0.25) is 0 Å². The third-order valence-electron chi connectivity index (χ3n) is 7.30. The number of hydrogen-bond acceptors (Lipinski definition) is 10. The molecule has 41 heavy (non-hydrogen) atoms.